The summed E-state index contributed by atoms with van der Waals surface area (Å²) in [6, 6.07) is 7.17. The van der Waals surface area contributed by atoms with Gasteiger partial charge in [0, 0.05) is 23.5 Å². The van der Waals surface area contributed by atoms with Crippen LogP contribution in [0.25, 0.3) is 10.8 Å². The molecule has 0 radical (unpaired) electrons. The number of nitrogens with one attached hydrogen (secondary N) is 1. The Morgan fingerprint density at radius 3 is 2.83 bits per heavy atom. The zero-order valence-corrected chi connectivity index (χ0v) is 10.1. The van der Waals surface area contributed by atoms with Gasteiger partial charge in [-0.05, 0) is 36.4 Å². The first-order chi connectivity index (χ1) is 8.72. The highest BCUT2D eigenvalue weighted by Crippen LogP contribution is 2.45. The van der Waals surface area contributed by atoms with Crippen LogP contribution in [-0.4, -0.2) is 28.3 Å². The van der Waals surface area contributed by atoms with Crippen molar-refractivity contribution in [2.75, 3.05) is 18.5 Å². The van der Waals surface area contributed by atoms with E-state index >= 15 is 0 Å². The van der Waals surface area contributed by atoms with E-state index in [0.29, 0.717) is 0 Å². The fourth-order valence-electron chi connectivity index (χ4n) is 2.14. The van der Waals surface area contributed by atoms with Gasteiger partial charge in [-0.25, -0.2) is 4.98 Å². The molecule has 4 heteroatoms. The van der Waals surface area contributed by atoms with Crippen LogP contribution in [-0.2, 0) is 0 Å². The van der Waals surface area contributed by atoms with Crippen LogP contribution < -0.4 is 5.32 Å². The zero-order valence-electron chi connectivity index (χ0n) is 10.1. The SMILES string of the molecule is OCC1(CNc2nccc3ccc(O)cc23)CC1. The lowest BCUT2D eigenvalue weighted by Crippen LogP contribution is -2.19. The number of nitrogens with zero attached hydrogens (tertiary/aromatic N) is 1. The minimum Gasteiger partial charge on any atom is -0.508 e. The van der Waals surface area contributed by atoms with E-state index in [0.717, 1.165) is 36.0 Å². The van der Waals surface area contributed by atoms with Crippen LogP contribution in [0.1, 0.15) is 12.8 Å². The van der Waals surface area contributed by atoms with E-state index in [1.165, 1.54) is 0 Å². The molecule has 2 aromatic rings. The van der Waals surface area contributed by atoms with Crippen LogP contribution >= 0.6 is 0 Å². The summed E-state index contributed by atoms with van der Waals surface area (Å²) in [5.41, 5.74) is 0.0423. The monoisotopic (exact) mass is 244 g/mol. The number of pyridine rings is 1. The van der Waals surface area contributed by atoms with E-state index < -0.39 is 0 Å². The average molecular weight is 244 g/mol. The van der Waals surface area contributed by atoms with Gasteiger partial charge in [-0.3, -0.25) is 0 Å². The summed E-state index contributed by atoms with van der Waals surface area (Å²) in [4.78, 5) is 4.31. The third-order valence-electron chi connectivity index (χ3n) is 3.67. The average Bonchev–Trinajstić information content (AvgIpc) is 3.17. The number of aromatic nitrogens is 1. The summed E-state index contributed by atoms with van der Waals surface area (Å²) >= 11 is 0. The van der Waals surface area contributed by atoms with Gasteiger partial charge in [0.15, 0.2) is 0 Å². The van der Waals surface area contributed by atoms with Crippen LogP contribution in [0.15, 0.2) is 30.5 Å². The molecule has 0 saturated heterocycles. The quantitative estimate of drug-likeness (QED) is 0.770. The van der Waals surface area contributed by atoms with E-state index in [9.17, 15) is 10.2 Å². The molecule has 0 amide bonds. The van der Waals surface area contributed by atoms with E-state index in [2.05, 4.69) is 10.3 Å². The Bertz CT molecular complexity index is 579. The standard InChI is InChI=1S/C14H16N2O2/c17-9-14(4-5-14)8-16-13-12-7-11(18)2-1-10(12)3-6-15-13/h1-3,6-7,17-18H,4-5,8-9H2,(H,15,16). The highest BCUT2D eigenvalue weighted by Gasteiger charge is 2.41. The lowest BCUT2D eigenvalue weighted by atomic mass is 10.1. The number of hydrogen-bond donors (Lipinski definition) is 3. The minimum absolute atomic E-state index is 0.0423. The maximum atomic E-state index is 9.55. The Labute approximate surface area is 105 Å². The normalized spacial score (nSPS) is 16.7. The molecule has 1 aromatic heterocycles. The number of anilines is 1. The molecule has 3 N–H and O–H groups in total. The first-order valence-corrected chi connectivity index (χ1v) is 6.15. The van der Waals surface area contributed by atoms with Crippen molar-refractivity contribution in [1.82, 2.24) is 4.98 Å². The van der Waals surface area contributed by atoms with Crippen molar-refractivity contribution >= 4 is 16.6 Å². The van der Waals surface area contributed by atoms with Crippen LogP contribution in [0.4, 0.5) is 5.82 Å². The fraction of sp³-hybridized carbons (Fsp3) is 0.357. The van der Waals surface area contributed by atoms with Gasteiger partial charge < -0.3 is 15.5 Å². The molecule has 4 nitrogen and oxygen atoms in total. The highest BCUT2D eigenvalue weighted by atomic mass is 16.3. The molecule has 1 heterocycles. The van der Waals surface area contributed by atoms with Gasteiger partial charge in [0.1, 0.15) is 11.6 Å². The van der Waals surface area contributed by atoms with E-state index in [1.54, 1.807) is 18.3 Å². The van der Waals surface area contributed by atoms with Gasteiger partial charge in [-0.15, -0.1) is 0 Å². The second kappa shape index (κ2) is 4.14. The molecule has 0 bridgehead atoms. The Morgan fingerprint density at radius 1 is 1.28 bits per heavy atom. The number of fused-ring (bicyclic) bond motifs is 1. The number of aliphatic hydroxyl groups is 1. The lowest BCUT2D eigenvalue weighted by Gasteiger charge is -2.14. The maximum absolute atomic E-state index is 9.55. The topological polar surface area (TPSA) is 65.4 Å². The second-order valence-electron chi connectivity index (χ2n) is 5.08. The third-order valence-corrected chi connectivity index (χ3v) is 3.67. The van der Waals surface area contributed by atoms with E-state index in [4.69, 9.17) is 0 Å². The summed E-state index contributed by atoms with van der Waals surface area (Å²) in [7, 11) is 0. The lowest BCUT2D eigenvalue weighted by molar-refractivity contribution is 0.219. The molecule has 1 saturated carbocycles. The molecule has 0 unspecified atom stereocenters. The summed E-state index contributed by atoms with van der Waals surface area (Å²) in [6.07, 6.45) is 3.87. The summed E-state index contributed by atoms with van der Waals surface area (Å²) in [5.74, 6) is 1.00. The number of phenols is 1. The number of hydrogen-bond acceptors (Lipinski definition) is 4. The first kappa shape index (κ1) is 11.3. The molecule has 1 aliphatic carbocycles. The van der Waals surface area contributed by atoms with Crippen molar-refractivity contribution in [1.29, 1.82) is 0 Å². The molecule has 1 aliphatic rings. The molecule has 3 rings (SSSR count). The van der Waals surface area contributed by atoms with E-state index in [1.807, 2.05) is 12.1 Å². The molecule has 0 aliphatic heterocycles. The maximum Gasteiger partial charge on any atom is 0.133 e. The Morgan fingerprint density at radius 2 is 2.11 bits per heavy atom. The minimum atomic E-state index is 0.0423. The van der Waals surface area contributed by atoms with E-state index in [-0.39, 0.29) is 17.8 Å². The summed E-state index contributed by atoms with van der Waals surface area (Å²) < 4.78 is 0. The molecule has 1 fully saturated rings. The van der Waals surface area contributed by atoms with Crippen LogP contribution in [0.3, 0.4) is 0 Å². The number of rotatable bonds is 4. The molecule has 18 heavy (non-hydrogen) atoms. The Balaban J connectivity index is 1.89. The smallest absolute Gasteiger partial charge is 0.133 e. The van der Waals surface area contributed by atoms with Gasteiger partial charge in [-0.1, -0.05) is 6.07 Å². The van der Waals surface area contributed by atoms with Gasteiger partial charge in [0.05, 0.1) is 6.61 Å². The van der Waals surface area contributed by atoms with Crippen LogP contribution in [0.5, 0.6) is 5.75 Å². The molecule has 1 aromatic carbocycles. The van der Waals surface area contributed by atoms with Crippen molar-refractivity contribution in [2.24, 2.45) is 5.41 Å². The van der Waals surface area contributed by atoms with Crippen LogP contribution in [0.2, 0.25) is 0 Å². The van der Waals surface area contributed by atoms with Crippen LogP contribution in [0, 0.1) is 5.41 Å². The van der Waals surface area contributed by atoms with Crippen molar-refractivity contribution < 1.29 is 10.2 Å². The Hall–Kier alpha value is -1.81. The fourth-order valence-corrected chi connectivity index (χ4v) is 2.14. The zero-order chi connectivity index (χ0) is 12.6. The highest BCUT2D eigenvalue weighted by molar-refractivity contribution is 5.92. The molecule has 94 valence electrons. The van der Waals surface area contributed by atoms with Gasteiger partial charge in [0.2, 0.25) is 0 Å². The number of phenolic OH excluding ortho intramolecular Hbond substituents is 1. The molecular formula is C14H16N2O2. The molecule has 0 atom stereocenters. The molecule has 0 spiro atoms. The van der Waals surface area contributed by atoms with Crippen molar-refractivity contribution in [2.45, 2.75) is 12.8 Å². The Kier molecular flexibility index (Phi) is 2.59. The second-order valence-corrected chi connectivity index (χ2v) is 5.08. The third kappa shape index (κ3) is 1.99. The van der Waals surface area contributed by atoms with Gasteiger partial charge in [0.25, 0.3) is 0 Å². The number of benzene rings is 1. The predicted molar refractivity (Wildman–Crippen MR) is 70.7 cm³/mol. The molecular weight excluding hydrogens is 228 g/mol. The number of aromatic hydroxyl groups is 1. The van der Waals surface area contributed by atoms with Crippen molar-refractivity contribution in [3.8, 4) is 5.75 Å². The summed E-state index contributed by atoms with van der Waals surface area (Å²) in [6.45, 7) is 0.946. The van der Waals surface area contributed by atoms with Gasteiger partial charge >= 0.3 is 0 Å². The summed E-state index contributed by atoms with van der Waals surface area (Å²) in [5, 5.41) is 24.1. The van der Waals surface area contributed by atoms with Crippen molar-refractivity contribution in [3.63, 3.8) is 0 Å². The largest absolute Gasteiger partial charge is 0.508 e. The predicted octanol–water partition coefficient (Wildman–Crippen LogP) is 2.12. The first-order valence-electron chi connectivity index (χ1n) is 6.15. The van der Waals surface area contributed by atoms with Crippen molar-refractivity contribution in [3.05, 3.63) is 30.5 Å². The number of aliphatic hydroxyl groups excluding tert-OH is 1. The van der Waals surface area contributed by atoms with Gasteiger partial charge in [-0.2, -0.15) is 0 Å².